The Hall–Kier alpha value is -5.27. The molecule has 4 rings (SSSR count). The van der Waals surface area contributed by atoms with Gasteiger partial charge in [-0.05, 0) is 48.2 Å². The molecule has 0 unspecified atom stereocenters. The highest BCUT2D eigenvalue weighted by atomic mass is 31.2. The molecular weight excluding hydrogens is 715 g/mol. The maximum atomic E-state index is 13.5. The Labute approximate surface area is 314 Å². The minimum absolute atomic E-state index is 0.0400. The van der Waals surface area contributed by atoms with Crippen LogP contribution in [0.3, 0.4) is 0 Å². The number of carbonyl (C=O) groups excluding carboxylic acids is 4. The third kappa shape index (κ3) is 12.7. The number of unbranched alkanes of at least 4 members (excludes halogenated alkanes) is 2. The third-order valence-corrected chi connectivity index (χ3v) is 9.10. The van der Waals surface area contributed by atoms with Crippen LogP contribution in [0.25, 0.3) is 11.3 Å². The number of nitrogens with zero attached hydrogens (tertiary/aromatic N) is 1. The van der Waals surface area contributed by atoms with Gasteiger partial charge in [0.05, 0.1) is 24.2 Å². The average molecular weight is 763 g/mol. The zero-order valence-corrected chi connectivity index (χ0v) is 31.2. The molecule has 0 aliphatic carbocycles. The first-order valence-corrected chi connectivity index (χ1v) is 19.5. The predicted molar refractivity (Wildman–Crippen MR) is 201 cm³/mol. The normalized spacial score (nSPS) is 12.3. The van der Waals surface area contributed by atoms with Crippen LogP contribution in [0.15, 0.2) is 95.4 Å². The Balaban J connectivity index is 1.42. The van der Waals surface area contributed by atoms with E-state index >= 15 is 0 Å². The van der Waals surface area contributed by atoms with Gasteiger partial charge in [0.1, 0.15) is 31.0 Å². The molecular formula is C39H47N4O10P. The van der Waals surface area contributed by atoms with Crippen molar-refractivity contribution in [2.45, 2.75) is 65.2 Å². The van der Waals surface area contributed by atoms with E-state index in [2.05, 4.69) is 22.9 Å². The van der Waals surface area contributed by atoms with Crippen molar-refractivity contribution in [2.75, 3.05) is 13.0 Å². The number of hydrogen-bond acceptors (Lipinski definition) is 8. The molecule has 0 radical (unpaired) electrons. The first kappa shape index (κ1) is 41.5. The minimum atomic E-state index is -4.50. The molecule has 5 N–H and O–H groups in total. The van der Waals surface area contributed by atoms with E-state index in [0.717, 1.165) is 30.4 Å². The van der Waals surface area contributed by atoms with E-state index in [1.54, 1.807) is 12.1 Å². The summed E-state index contributed by atoms with van der Waals surface area (Å²) in [6.45, 7) is 4.02. The number of hydroxylamine groups is 2. The molecule has 0 aliphatic heterocycles. The maximum Gasteiger partial charge on any atom is 0.344 e. The van der Waals surface area contributed by atoms with Gasteiger partial charge in [-0.25, -0.2) is 5.06 Å². The number of benzene rings is 3. The van der Waals surface area contributed by atoms with Gasteiger partial charge in [0.15, 0.2) is 5.76 Å². The third-order valence-electron chi connectivity index (χ3n) is 8.53. The second-order valence-electron chi connectivity index (χ2n) is 12.5. The largest absolute Gasteiger partial charge is 0.488 e. The molecule has 0 bridgehead atoms. The van der Waals surface area contributed by atoms with Crippen LogP contribution in [0, 0.1) is 5.92 Å². The molecule has 288 valence electrons. The summed E-state index contributed by atoms with van der Waals surface area (Å²) in [5, 5.41) is 8.85. The highest BCUT2D eigenvalue weighted by Gasteiger charge is 2.32. The second kappa shape index (κ2) is 20.8. The van der Waals surface area contributed by atoms with E-state index in [0.29, 0.717) is 24.8 Å². The van der Waals surface area contributed by atoms with Crippen LogP contribution in [0.1, 0.15) is 78.0 Å². The summed E-state index contributed by atoms with van der Waals surface area (Å²) >= 11 is 0. The number of carbonyl (C=O) groups is 4. The zero-order chi connectivity index (χ0) is 38.9. The van der Waals surface area contributed by atoms with E-state index in [1.165, 1.54) is 23.3 Å². The molecule has 0 saturated heterocycles. The molecule has 2 atom stereocenters. The summed E-state index contributed by atoms with van der Waals surface area (Å²) in [6, 6.07) is 25.6. The van der Waals surface area contributed by atoms with Crippen LogP contribution in [0.5, 0.6) is 5.75 Å². The summed E-state index contributed by atoms with van der Waals surface area (Å²) in [7, 11) is -4.50. The van der Waals surface area contributed by atoms with Gasteiger partial charge in [0.2, 0.25) is 12.3 Å². The van der Waals surface area contributed by atoms with Crippen molar-refractivity contribution in [2.24, 2.45) is 5.92 Å². The molecule has 0 saturated carbocycles. The van der Waals surface area contributed by atoms with Crippen LogP contribution >= 0.6 is 7.60 Å². The average Bonchev–Trinajstić information content (AvgIpc) is 3.68. The van der Waals surface area contributed by atoms with E-state index in [4.69, 9.17) is 14.0 Å². The van der Waals surface area contributed by atoms with Crippen LogP contribution in [0.2, 0.25) is 0 Å². The van der Waals surface area contributed by atoms with Crippen molar-refractivity contribution in [1.82, 2.24) is 21.0 Å². The van der Waals surface area contributed by atoms with Crippen molar-refractivity contribution in [3.63, 3.8) is 0 Å². The van der Waals surface area contributed by atoms with Gasteiger partial charge in [0.25, 0.3) is 11.8 Å². The summed E-state index contributed by atoms with van der Waals surface area (Å²) < 4.78 is 23.1. The van der Waals surface area contributed by atoms with Crippen molar-refractivity contribution < 1.29 is 47.5 Å². The number of nitrogens with one attached hydrogen (secondary N) is 3. The molecule has 1 heterocycles. The summed E-state index contributed by atoms with van der Waals surface area (Å²) in [5.41, 5.74) is 2.21. The lowest BCUT2D eigenvalue weighted by atomic mass is 9.90. The van der Waals surface area contributed by atoms with Gasteiger partial charge in [0, 0.05) is 5.56 Å². The number of rotatable bonds is 22. The molecule has 4 amide bonds. The Bertz CT molecular complexity index is 1870. The zero-order valence-electron chi connectivity index (χ0n) is 30.3. The molecule has 54 heavy (non-hydrogen) atoms. The fourth-order valence-corrected chi connectivity index (χ4v) is 6.06. The van der Waals surface area contributed by atoms with Crippen molar-refractivity contribution >= 4 is 31.7 Å². The van der Waals surface area contributed by atoms with E-state index < -0.39 is 37.7 Å². The van der Waals surface area contributed by atoms with Crippen molar-refractivity contribution in [3.8, 4) is 17.1 Å². The van der Waals surface area contributed by atoms with Crippen LogP contribution < -0.4 is 20.7 Å². The smallest absolute Gasteiger partial charge is 0.344 e. The molecule has 4 aromatic rings. The quantitative estimate of drug-likeness (QED) is 0.0216. The molecule has 0 spiro atoms. The summed E-state index contributed by atoms with van der Waals surface area (Å²) in [5.74, 6) is -1.89. The molecule has 0 fully saturated rings. The number of furan rings is 1. The molecule has 15 heteroatoms. The number of amides is 4. The van der Waals surface area contributed by atoms with E-state index in [9.17, 15) is 33.5 Å². The molecule has 14 nitrogen and oxygen atoms in total. The van der Waals surface area contributed by atoms with Crippen LogP contribution in [-0.2, 0) is 32.2 Å². The lowest BCUT2D eigenvalue weighted by Gasteiger charge is -2.32. The van der Waals surface area contributed by atoms with Gasteiger partial charge in [-0.3, -0.25) is 28.6 Å². The molecule has 0 aliphatic rings. The highest BCUT2D eigenvalue weighted by molar-refractivity contribution is 7.51. The van der Waals surface area contributed by atoms with Crippen molar-refractivity contribution in [3.05, 3.63) is 113 Å². The Morgan fingerprint density at radius 3 is 2.17 bits per heavy atom. The number of hydrogen-bond donors (Lipinski definition) is 5. The van der Waals surface area contributed by atoms with Gasteiger partial charge in [-0.1, -0.05) is 99.8 Å². The lowest BCUT2D eigenvalue weighted by Crippen LogP contribution is -2.48. The summed E-state index contributed by atoms with van der Waals surface area (Å²) in [4.78, 5) is 75.8. The Kier molecular flexibility index (Phi) is 16.0. The minimum Gasteiger partial charge on any atom is -0.488 e. The van der Waals surface area contributed by atoms with Gasteiger partial charge in [-0.15, -0.1) is 0 Å². The van der Waals surface area contributed by atoms with Gasteiger partial charge in [-0.2, -0.15) is 0 Å². The van der Waals surface area contributed by atoms with E-state index in [-0.39, 0.29) is 48.6 Å². The highest BCUT2D eigenvalue weighted by Crippen LogP contribution is 2.33. The van der Waals surface area contributed by atoms with E-state index in [1.807, 2.05) is 67.6 Å². The second-order valence-corrected chi connectivity index (χ2v) is 14.1. The van der Waals surface area contributed by atoms with Gasteiger partial charge < -0.3 is 34.9 Å². The lowest BCUT2D eigenvalue weighted by molar-refractivity contribution is -0.200. The van der Waals surface area contributed by atoms with Gasteiger partial charge >= 0.3 is 7.60 Å². The van der Waals surface area contributed by atoms with Crippen molar-refractivity contribution in [1.29, 1.82) is 0 Å². The molecule has 3 aromatic carbocycles. The standard InChI is InChI=1S/C39H47N4O10P/c1-3-5-8-17-31(33(4-2)43(27-44)52-24-29-15-11-7-12-16-29)37(45)40-25-41-39(47)35-21-20-34(53-35)30-18-19-32(38(46)42-26-54(48,49)50)36(22-30)51-23-28-13-9-6-10-14-28/h6-7,9-16,18-22,27,31,33H,3-5,8,17,23-26H2,1-2H3,(H,40,45)(H,41,47)(H,42,46)(H2,48,49,50)/t31-,33-/m1/s1. The fraction of sp³-hybridized carbons (Fsp3) is 0.333. The SMILES string of the molecule is CCCCC[C@@H](C(=O)NCNC(=O)c1ccc(-c2ccc(C(=O)NCP(=O)(O)O)c(OCc3ccccc3)c2)o1)[C@@H](CC)N(C=O)OCc1ccccc1. The predicted octanol–water partition coefficient (Wildman–Crippen LogP) is 5.76. The van der Waals surface area contributed by atoms with Crippen LogP contribution in [0.4, 0.5) is 0 Å². The first-order chi connectivity index (χ1) is 26.0. The monoisotopic (exact) mass is 762 g/mol. The maximum absolute atomic E-state index is 13.5. The summed E-state index contributed by atoms with van der Waals surface area (Å²) in [6.07, 6.45) is 3.38. The first-order valence-electron chi connectivity index (χ1n) is 17.7. The Morgan fingerprint density at radius 2 is 1.54 bits per heavy atom. The number of ether oxygens (including phenoxy) is 1. The van der Waals surface area contributed by atoms with Crippen LogP contribution in [-0.4, -0.2) is 58.0 Å². The Morgan fingerprint density at radius 1 is 0.852 bits per heavy atom. The fourth-order valence-electron chi connectivity index (χ4n) is 5.71. The topological polar surface area (TPSA) is 197 Å². The molecule has 1 aromatic heterocycles.